The summed E-state index contributed by atoms with van der Waals surface area (Å²) in [5.74, 6) is -0.596. The van der Waals surface area contributed by atoms with E-state index in [1.54, 1.807) is 13.0 Å². The molecule has 0 saturated heterocycles. The van der Waals surface area contributed by atoms with Crippen molar-refractivity contribution in [2.24, 2.45) is 0 Å². The van der Waals surface area contributed by atoms with E-state index in [0.717, 1.165) is 12.1 Å². The fraction of sp³-hybridized carbons (Fsp3) is 0.158. The lowest BCUT2D eigenvalue weighted by molar-refractivity contribution is -0.138. The Morgan fingerprint density at radius 2 is 1.96 bits per heavy atom. The van der Waals surface area contributed by atoms with Crippen LogP contribution in [0.2, 0.25) is 0 Å². The van der Waals surface area contributed by atoms with Crippen LogP contribution >= 0.6 is 0 Å². The van der Waals surface area contributed by atoms with Crippen LogP contribution in [0.25, 0.3) is 0 Å². The zero-order valence-electron chi connectivity index (χ0n) is 13.0. The van der Waals surface area contributed by atoms with Crippen LogP contribution in [0.15, 0.2) is 78.2 Å². The molecule has 1 heterocycles. The summed E-state index contributed by atoms with van der Waals surface area (Å²) in [5.41, 5.74) is 2.13. The highest BCUT2D eigenvalue weighted by atomic mass is 16.5. The summed E-state index contributed by atoms with van der Waals surface area (Å²) in [5, 5.41) is 8.97. The minimum atomic E-state index is -0.596. The zero-order chi connectivity index (χ0) is 16.5. The third-order valence-electron chi connectivity index (χ3n) is 3.18. The van der Waals surface area contributed by atoms with Crippen LogP contribution < -0.4 is 0 Å². The van der Waals surface area contributed by atoms with Gasteiger partial charge in [-0.25, -0.2) is 4.79 Å². The van der Waals surface area contributed by atoms with Gasteiger partial charge in [0.1, 0.15) is 11.6 Å². The van der Waals surface area contributed by atoms with Gasteiger partial charge in [-0.1, -0.05) is 36.4 Å². The molecule has 4 nitrogen and oxygen atoms in total. The minimum absolute atomic E-state index is 0.00661. The second-order valence-electron chi connectivity index (χ2n) is 4.87. The van der Waals surface area contributed by atoms with Gasteiger partial charge in [0.25, 0.3) is 0 Å². The summed E-state index contributed by atoms with van der Waals surface area (Å²) in [6, 6.07) is 12.0. The second-order valence-corrected chi connectivity index (χ2v) is 4.87. The van der Waals surface area contributed by atoms with Gasteiger partial charge >= 0.3 is 5.97 Å². The third kappa shape index (κ3) is 5.01. The molecule has 0 spiro atoms. The van der Waals surface area contributed by atoms with E-state index in [2.05, 4.69) is 17.0 Å². The Bertz CT molecular complexity index is 691. The van der Waals surface area contributed by atoms with Crippen molar-refractivity contribution in [2.45, 2.75) is 13.5 Å². The number of nitrogens with zero attached hydrogens (tertiary/aromatic N) is 2. The number of benzene rings is 1. The first-order valence-corrected chi connectivity index (χ1v) is 7.38. The summed E-state index contributed by atoms with van der Waals surface area (Å²) in [6.07, 6.45) is 11.0. The van der Waals surface area contributed by atoms with Crippen molar-refractivity contribution in [1.82, 2.24) is 4.90 Å². The summed E-state index contributed by atoms with van der Waals surface area (Å²) in [4.78, 5) is 13.6. The lowest BCUT2D eigenvalue weighted by atomic mass is 10.1. The lowest BCUT2D eigenvalue weighted by Crippen LogP contribution is -2.11. The molecular formula is C19H18N2O2. The number of nitriles is 1. The summed E-state index contributed by atoms with van der Waals surface area (Å²) in [7, 11) is 0. The molecular weight excluding hydrogens is 288 g/mol. The maximum Gasteiger partial charge on any atom is 0.348 e. The molecule has 1 aromatic carbocycles. The number of rotatable bonds is 5. The quantitative estimate of drug-likeness (QED) is 0.475. The Morgan fingerprint density at radius 1 is 1.26 bits per heavy atom. The molecule has 0 saturated carbocycles. The predicted octanol–water partition coefficient (Wildman–Crippen LogP) is 3.47. The van der Waals surface area contributed by atoms with Crippen molar-refractivity contribution in [3.05, 3.63) is 83.7 Å². The molecule has 0 atom stereocenters. The first-order chi connectivity index (χ1) is 11.2. The molecule has 116 valence electrons. The fourth-order valence-electron chi connectivity index (χ4n) is 2.02. The van der Waals surface area contributed by atoms with Crippen LogP contribution in [0.1, 0.15) is 12.5 Å². The molecule has 1 aromatic rings. The van der Waals surface area contributed by atoms with E-state index in [1.165, 1.54) is 11.6 Å². The van der Waals surface area contributed by atoms with Gasteiger partial charge in [-0.3, -0.25) is 0 Å². The van der Waals surface area contributed by atoms with Crippen LogP contribution in [-0.2, 0) is 16.1 Å². The van der Waals surface area contributed by atoms with Crippen LogP contribution in [-0.4, -0.2) is 17.5 Å². The van der Waals surface area contributed by atoms with Crippen molar-refractivity contribution in [1.29, 1.82) is 5.26 Å². The molecule has 1 aliphatic heterocycles. The molecule has 0 unspecified atom stereocenters. The maximum atomic E-state index is 11.5. The van der Waals surface area contributed by atoms with Gasteiger partial charge in [0, 0.05) is 18.9 Å². The topological polar surface area (TPSA) is 53.3 Å². The molecule has 23 heavy (non-hydrogen) atoms. The highest BCUT2D eigenvalue weighted by Crippen LogP contribution is 2.13. The van der Waals surface area contributed by atoms with Gasteiger partial charge in [-0.15, -0.1) is 0 Å². The van der Waals surface area contributed by atoms with Crippen LogP contribution in [0.3, 0.4) is 0 Å². The number of allylic oxidation sites excluding steroid dienone is 5. The number of ether oxygens (including phenoxy) is 1. The smallest absolute Gasteiger partial charge is 0.348 e. The van der Waals surface area contributed by atoms with Gasteiger partial charge < -0.3 is 9.64 Å². The van der Waals surface area contributed by atoms with E-state index < -0.39 is 5.97 Å². The maximum absolute atomic E-state index is 11.5. The second kappa shape index (κ2) is 8.40. The first-order valence-electron chi connectivity index (χ1n) is 7.38. The molecule has 0 bridgehead atoms. The number of esters is 1. The Morgan fingerprint density at radius 3 is 2.57 bits per heavy atom. The molecule has 0 amide bonds. The van der Waals surface area contributed by atoms with Gasteiger partial charge in [-0.2, -0.15) is 5.26 Å². The van der Waals surface area contributed by atoms with Gasteiger partial charge in [-0.05, 0) is 36.3 Å². The zero-order valence-corrected chi connectivity index (χ0v) is 13.0. The highest BCUT2D eigenvalue weighted by molar-refractivity contribution is 5.93. The molecule has 0 radical (unpaired) electrons. The van der Waals surface area contributed by atoms with Crippen molar-refractivity contribution in [3.8, 4) is 6.07 Å². The van der Waals surface area contributed by atoms with E-state index in [0.29, 0.717) is 0 Å². The minimum Gasteiger partial charge on any atom is -0.462 e. The summed E-state index contributed by atoms with van der Waals surface area (Å²) >= 11 is 0. The lowest BCUT2D eigenvalue weighted by Gasteiger charge is -2.18. The standard InChI is InChI=1S/C19H18N2O2/c1-2-23-19(22)18(14-20)9-8-16-10-12-21(13-11-16)15-17-6-4-3-5-7-17/h3-13H,2,15H2,1H3/b18-9-. The number of hydrogen-bond donors (Lipinski definition) is 0. The van der Waals surface area contributed by atoms with E-state index in [9.17, 15) is 4.79 Å². The van der Waals surface area contributed by atoms with Crippen LogP contribution in [0.5, 0.6) is 0 Å². The van der Waals surface area contributed by atoms with Crippen molar-refractivity contribution >= 4 is 5.97 Å². The van der Waals surface area contributed by atoms with Gasteiger partial charge in [0.15, 0.2) is 0 Å². The van der Waals surface area contributed by atoms with Gasteiger partial charge in [0.2, 0.25) is 0 Å². The Hall–Kier alpha value is -3.06. The average Bonchev–Trinajstić information content (AvgIpc) is 2.58. The predicted molar refractivity (Wildman–Crippen MR) is 88.7 cm³/mol. The average molecular weight is 306 g/mol. The fourth-order valence-corrected chi connectivity index (χ4v) is 2.02. The molecule has 0 aliphatic carbocycles. The SMILES string of the molecule is CCOC(=O)/C(C#N)=C\C=C1C=CN(Cc2ccccc2)C=C1. The largest absolute Gasteiger partial charge is 0.462 e. The normalized spacial score (nSPS) is 13.7. The number of carbonyl (C=O) groups excluding carboxylic acids is 1. The monoisotopic (exact) mass is 306 g/mol. The molecule has 0 aromatic heterocycles. The summed E-state index contributed by atoms with van der Waals surface area (Å²) in [6.45, 7) is 2.76. The van der Waals surface area contributed by atoms with E-state index in [4.69, 9.17) is 10.00 Å². The Balaban J connectivity index is 1.99. The molecule has 1 aliphatic rings. The molecule has 0 N–H and O–H groups in total. The van der Waals surface area contributed by atoms with E-state index in [-0.39, 0.29) is 12.2 Å². The Kier molecular flexibility index (Phi) is 5.96. The van der Waals surface area contributed by atoms with Crippen LogP contribution in [0.4, 0.5) is 0 Å². The van der Waals surface area contributed by atoms with E-state index in [1.807, 2.05) is 48.8 Å². The molecule has 0 fully saturated rings. The van der Waals surface area contributed by atoms with Crippen molar-refractivity contribution in [3.63, 3.8) is 0 Å². The number of hydrogen-bond acceptors (Lipinski definition) is 4. The van der Waals surface area contributed by atoms with E-state index >= 15 is 0 Å². The Labute approximate surface area is 136 Å². The third-order valence-corrected chi connectivity index (χ3v) is 3.18. The van der Waals surface area contributed by atoms with Crippen molar-refractivity contribution in [2.75, 3.05) is 6.61 Å². The van der Waals surface area contributed by atoms with Crippen LogP contribution in [0, 0.1) is 11.3 Å². The first kappa shape index (κ1) is 16.3. The van der Waals surface area contributed by atoms with Gasteiger partial charge in [0.05, 0.1) is 6.61 Å². The highest BCUT2D eigenvalue weighted by Gasteiger charge is 2.08. The number of carbonyl (C=O) groups is 1. The molecule has 4 heteroatoms. The van der Waals surface area contributed by atoms with Crippen molar-refractivity contribution < 1.29 is 9.53 Å². The molecule has 2 rings (SSSR count). The summed E-state index contributed by atoms with van der Waals surface area (Å²) < 4.78 is 4.81.